The Labute approximate surface area is 169 Å². The minimum atomic E-state index is 0.857. The van der Waals surface area contributed by atoms with Crippen molar-refractivity contribution < 1.29 is 4.74 Å². The van der Waals surface area contributed by atoms with E-state index in [4.69, 9.17) is 4.74 Å². The molecule has 29 heavy (non-hydrogen) atoms. The molecule has 0 bridgehead atoms. The molecule has 0 unspecified atom stereocenters. The van der Waals surface area contributed by atoms with Crippen molar-refractivity contribution in [3.05, 3.63) is 72.2 Å². The van der Waals surface area contributed by atoms with Crippen LogP contribution in [-0.4, -0.2) is 45.3 Å². The van der Waals surface area contributed by atoms with Crippen LogP contribution in [0.15, 0.2) is 61.1 Å². The molecule has 0 spiro atoms. The first-order chi connectivity index (χ1) is 14.3. The van der Waals surface area contributed by atoms with Gasteiger partial charge in [-0.2, -0.15) is 5.10 Å². The van der Waals surface area contributed by atoms with E-state index >= 15 is 0 Å². The van der Waals surface area contributed by atoms with Gasteiger partial charge in [0.15, 0.2) is 0 Å². The largest absolute Gasteiger partial charge is 0.497 e. The van der Waals surface area contributed by atoms with Gasteiger partial charge in [-0.1, -0.05) is 6.08 Å². The van der Waals surface area contributed by atoms with Gasteiger partial charge in [-0.25, -0.2) is 4.98 Å². The fourth-order valence-corrected chi connectivity index (χ4v) is 4.00. The first-order valence-electron chi connectivity index (χ1n) is 9.82. The van der Waals surface area contributed by atoms with E-state index in [0.717, 1.165) is 48.7 Å². The van der Waals surface area contributed by atoms with Gasteiger partial charge in [-0.05, 0) is 48.4 Å². The summed E-state index contributed by atoms with van der Waals surface area (Å²) >= 11 is 0. The maximum atomic E-state index is 5.26. The van der Waals surface area contributed by atoms with Gasteiger partial charge in [-0.3, -0.25) is 10.00 Å². The number of aromatic nitrogens is 4. The highest BCUT2D eigenvalue weighted by Crippen LogP contribution is 2.30. The van der Waals surface area contributed by atoms with Crippen LogP contribution >= 0.6 is 0 Å². The number of hydrogen-bond donors (Lipinski definition) is 2. The molecule has 1 aliphatic rings. The average Bonchev–Trinajstić information content (AvgIpc) is 3.41. The van der Waals surface area contributed by atoms with Gasteiger partial charge in [0, 0.05) is 54.1 Å². The zero-order chi connectivity index (χ0) is 19.6. The summed E-state index contributed by atoms with van der Waals surface area (Å²) in [7, 11) is 1.68. The number of rotatable bonds is 5. The Bertz CT molecular complexity index is 1160. The van der Waals surface area contributed by atoms with Gasteiger partial charge in [0.2, 0.25) is 0 Å². The molecule has 0 fully saturated rings. The molecule has 0 aliphatic carbocycles. The summed E-state index contributed by atoms with van der Waals surface area (Å²) in [5.41, 5.74) is 7.03. The highest BCUT2D eigenvalue weighted by molar-refractivity contribution is 5.90. The SMILES string of the molecule is COc1ccc(-c2[nH]ncc2CN2CC=C(c3c[nH]c4ncccc34)CC2)cc1. The standard InChI is InChI=1S/C23H23N5O/c1-29-19-6-4-17(5-7-19)22-18(13-26-27-22)15-28-11-8-16(9-12-28)21-14-25-23-20(21)3-2-10-24-23/h2-8,10,13-14H,9,11-12,15H2,1H3,(H,24,25)(H,26,27). The summed E-state index contributed by atoms with van der Waals surface area (Å²) < 4.78 is 5.26. The Morgan fingerprint density at radius 2 is 2.07 bits per heavy atom. The van der Waals surface area contributed by atoms with Crippen LogP contribution in [0.5, 0.6) is 5.75 Å². The zero-order valence-corrected chi connectivity index (χ0v) is 16.4. The van der Waals surface area contributed by atoms with Crippen LogP contribution < -0.4 is 4.74 Å². The summed E-state index contributed by atoms with van der Waals surface area (Å²) in [5.74, 6) is 0.857. The van der Waals surface area contributed by atoms with E-state index in [0.29, 0.717) is 0 Å². The van der Waals surface area contributed by atoms with Crippen molar-refractivity contribution in [1.29, 1.82) is 0 Å². The molecule has 1 aromatic carbocycles. The Hall–Kier alpha value is -3.38. The third kappa shape index (κ3) is 3.43. The first kappa shape index (κ1) is 17.7. The lowest BCUT2D eigenvalue weighted by Gasteiger charge is -2.26. The molecule has 4 aromatic rings. The molecule has 0 radical (unpaired) electrons. The quantitative estimate of drug-likeness (QED) is 0.539. The van der Waals surface area contributed by atoms with Crippen molar-refractivity contribution in [1.82, 2.24) is 25.1 Å². The number of benzene rings is 1. The summed E-state index contributed by atoms with van der Waals surface area (Å²) in [6.45, 7) is 2.82. The molecule has 4 heterocycles. The Morgan fingerprint density at radius 3 is 2.86 bits per heavy atom. The topological polar surface area (TPSA) is 69.8 Å². The van der Waals surface area contributed by atoms with Gasteiger partial charge in [0.1, 0.15) is 11.4 Å². The molecular formula is C23H23N5O. The number of methoxy groups -OCH3 is 1. The molecule has 146 valence electrons. The van der Waals surface area contributed by atoms with Gasteiger partial charge in [0.25, 0.3) is 0 Å². The number of fused-ring (bicyclic) bond motifs is 1. The van der Waals surface area contributed by atoms with Crippen molar-refractivity contribution in [2.24, 2.45) is 0 Å². The molecule has 3 aromatic heterocycles. The maximum absolute atomic E-state index is 5.26. The Morgan fingerprint density at radius 1 is 1.17 bits per heavy atom. The predicted molar refractivity (Wildman–Crippen MR) is 115 cm³/mol. The average molecular weight is 385 g/mol. The molecular weight excluding hydrogens is 362 g/mol. The lowest BCUT2D eigenvalue weighted by Crippen LogP contribution is -2.28. The highest BCUT2D eigenvalue weighted by atomic mass is 16.5. The van der Waals surface area contributed by atoms with E-state index in [9.17, 15) is 0 Å². The molecule has 0 saturated heterocycles. The lowest BCUT2D eigenvalue weighted by molar-refractivity contribution is 0.294. The molecule has 0 amide bonds. The highest BCUT2D eigenvalue weighted by Gasteiger charge is 2.18. The Balaban J connectivity index is 1.32. The van der Waals surface area contributed by atoms with Crippen molar-refractivity contribution in [2.75, 3.05) is 20.2 Å². The van der Waals surface area contributed by atoms with E-state index < -0.39 is 0 Å². The number of ether oxygens (including phenoxy) is 1. The van der Waals surface area contributed by atoms with E-state index in [1.807, 2.05) is 30.6 Å². The minimum absolute atomic E-state index is 0.857. The van der Waals surface area contributed by atoms with Crippen LogP contribution in [0.1, 0.15) is 17.5 Å². The third-order valence-electron chi connectivity index (χ3n) is 5.58. The number of hydrogen-bond acceptors (Lipinski definition) is 4. The number of nitrogens with zero attached hydrogens (tertiary/aromatic N) is 3. The van der Waals surface area contributed by atoms with Crippen molar-refractivity contribution >= 4 is 16.6 Å². The fraction of sp³-hybridized carbons (Fsp3) is 0.217. The molecule has 2 N–H and O–H groups in total. The first-order valence-corrected chi connectivity index (χ1v) is 9.82. The van der Waals surface area contributed by atoms with Gasteiger partial charge in [0.05, 0.1) is 19.0 Å². The molecule has 1 aliphatic heterocycles. The van der Waals surface area contributed by atoms with Crippen LogP contribution in [0.4, 0.5) is 0 Å². The summed E-state index contributed by atoms with van der Waals surface area (Å²) in [5, 5.41) is 8.64. The van der Waals surface area contributed by atoms with Crippen molar-refractivity contribution in [2.45, 2.75) is 13.0 Å². The molecule has 0 atom stereocenters. The zero-order valence-electron chi connectivity index (χ0n) is 16.4. The number of H-pyrrole nitrogens is 2. The maximum Gasteiger partial charge on any atom is 0.137 e. The van der Waals surface area contributed by atoms with Crippen LogP contribution in [-0.2, 0) is 6.54 Å². The number of nitrogens with one attached hydrogen (secondary N) is 2. The molecule has 5 rings (SSSR count). The smallest absolute Gasteiger partial charge is 0.137 e. The van der Waals surface area contributed by atoms with Crippen LogP contribution in [0, 0.1) is 0 Å². The van der Waals surface area contributed by atoms with E-state index in [2.05, 4.69) is 55.5 Å². The van der Waals surface area contributed by atoms with E-state index in [1.54, 1.807) is 7.11 Å². The van der Waals surface area contributed by atoms with Crippen molar-refractivity contribution in [3.8, 4) is 17.0 Å². The van der Waals surface area contributed by atoms with Crippen LogP contribution in [0.25, 0.3) is 27.9 Å². The lowest BCUT2D eigenvalue weighted by atomic mass is 9.99. The molecule has 6 nitrogen and oxygen atoms in total. The number of pyridine rings is 1. The fourth-order valence-electron chi connectivity index (χ4n) is 4.00. The van der Waals surface area contributed by atoms with Crippen LogP contribution in [0.3, 0.4) is 0 Å². The van der Waals surface area contributed by atoms with Gasteiger partial charge >= 0.3 is 0 Å². The second kappa shape index (κ2) is 7.56. The second-order valence-corrected chi connectivity index (χ2v) is 7.32. The van der Waals surface area contributed by atoms with Gasteiger partial charge in [-0.15, -0.1) is 0 Å². The third-order valence-corrected chi connectivity index (χ3v) is 5.58. The van der Waals surface area contributed by atoms with Gasteiger partial charge < -0.3 is 9.72 Å². The van der Waals surface area contributed by atoms with E-state index in [-0.39, 0.29) is 0 Å². The summed E-state index contributed by atoms with van der Waals surface area (Å²) in [6.07, 6.45) is 9.20. The second-order valence-electron chi connectivity index (χ2n) is 7.32. The van der Waals surface area contributed by atoms with Crippen LogP contribution in [0.2, 0.25) is 0 Å². The molecule has 6 heteroatoms. The van der Waals surface area contributed by atoms with Crippen molar-refractivity contribution in [3.63, 3.8) is 0 Å². The number of aromatic amines is 2. The summed E-state index contributed by atoms with van der Waals surface area (Å²) in [6, 6.07) is 12.2. The molecule has 0 saturated carbocycles. The normalized spacial score (nSPS) is 14.9. The Kier molecular flexibility index (Phi) is 4.62. The monoisotopic (exact) mass is 385 g/mol. The predicted octanol–water partition coefficient (Wildman–Crippen LogP) is 4.25. The van der Waals surface area contributed by atoms with E-state index in [1.165, 1.54) is 22.1 Å². The summed E-state index contributed by atoms with van der Waals surface area (Å²) in [4.78, 5) is 10.1. The minimum Gasteiger partial charge on any atom is -0.497 e.